The second-order valence-electron chi connectivity index (χ2n) is 13.7. The summed E-state index contributed by atoms with van der Waals surface area (Å²) in [5, 5.41) is 12.4. The van der Waals surface area contributed by atoms with Crippen molar-refractivity contribution in [1.82, 2.24) is 9.13 Å². The number of furan rings is 1. The van der Waals surface area contributed by atoms with E-state index in [0.29, 0.717) is 0 Å². The van der Waals surface area contributed by atoms with Gasteiger partial charge in [0.25, 0.3) is 0 Å². The van der Waals surface area contributed by atoms with E-state index in [4.69, 9.17) is 4.42 Å². The Labute approximate surface area is 292 Å². The minimum atomic E-state index is 0.927. The minimum Gasteiger partial charge on any atom is -0.456 e. The highest BCUT2D eigenvalue weighted by atomic mass is 16.3. The fourth-order valence-electron chi connectivity index (χ4n) is 8.94. The lowest BCUT2D eigenvalue weighted by Gasteiger charge is -2.14. The molecular formula is C48H28N2O. The lowest BCUT2D eigenvalue weighted by molar-refractivity contribution is 0.669. The molecule has 3 nitrogen and oxygen atoms in total. The van der Waals surface area contributed by atoms with E-state index in [1.165, 1.54) is 75.9 Å². The van der Waals surface area contributed by atoms with Gasteiger partial charge in [0.15, 0.2) is 0 Å². The molecule has 51 heavy (non-hydrogen) atoms. The third-order valence-corrected chi connectivity index (χ3v) is 11.0. The summed E-state index contributed by atoms with van der Waals surface area (Å²) in [7, 11) is 0. The van der Waals surface area contributed by atoms with Gasteiger partial charge in [-0.2, -0.15) is 0 Å². The molecule has 0 aliphatic rings. The Morgan fingerprint density at radius 1 is 0.314 bits per heavy atom. The van der Waals surface area contributed by atoms with E-state index in [-0.39, 0.29) is 0 Å². The van der Waals surface area contributed by atoms with Gasteiger partial charge in [0, 0.05) is 43.7 Å². The summed E-state index contributed by atoms with van der Waals surface area (Å²) >= 11 is 0. The van der Waals surface area contributed by atoms with Crippen LogP contribution in [0.5, 0.6) is 0 Å². The van der Waals surface area contributed by atoms with Gasteiger partial charge in [-0.1, -0.05) is 115 Å². The highest BCUT2D eigenvalue weighted by Crippen LogP contribution is 2.45. The number of nitrogens with zero attached hydrogens (tertiary/aromatic N) is 2. The van der Waals surface area contributed by atoms with Crippen LogP contribution in [0.4, 0.5) is 0 Å². The molecule has 236 valence electrons. The molecule has 0 atom stereocenters. The third kappa shape index (κ3) is 3.57. The van der Waals surface area contributed by atoms with E-state index in [0.717, 1.165) is 33.7 Å². The van der Waals surface area contributed by atoms with Crippen LogP contribution in [0.15, 0.2) is 174 Å². The quantitative estimate of drug-likeness (QED) is 0.175. The van der Waals surface area contributed by atoms with Crippen molar-refractivity contribution in [1.29, 1.82) is 0 Å². The molecule has 0 amide bonds. The first-order valence-corrected chi connectivity index (χ1v) is 17.5. The maximum Gasteiger partial charge on any atom is 0.136 e. The number of aromatic nitrogens is 2. The van der Waals surface area contributed by atoms with Crippen LogP contribution in [0.1, 0.15) is 0 Å². The molecule has 12 rings (SSSR count). The number of hydrogen-bond donors (Lipinski definition) is 0. The maximum atomic E-state index is 6.59. The fourth-order valence-corrected chi connectivity index (χ4v) is 8.94. The molecule has 3 heteroatoms. The second-order valence-corrected chi connectivity index (χ2v) is 13.7. The largest absolute Gasteiger partial charge is 0.456 e. The molecule has 0 N–H and O–H groups in total. The number of para-hydroxylation sites is 3. The Bertz CT molecular complexity index is 3360. The molecule has 0 bridgehead atoms. The van der Waals surface area contributed by atoms with Crippen molar-refractivity contribution in [2.75, 3.05) is 0 Å². The van der Waals surface area contributed by atoms with Gasteiger partial charge in [0.1, 0.15) is 11.2 Å². The van der Waals surface area contributed by atoms with Gasteiger partial charge < -0.3 is 13.6 Å². The number of benzene rings is 9. The van der Waals surface area contributed by atoms with Crippen LogP contribution in [0.2, 0.25) is 0 Å². The molecule has 12 aromatic rings. The van der Waals surface area contributed by atoms with Gasteiger partial charge in [-0.05, 0) is 87.3 Å². The highest BCUT2D eigenvalue weighted by Gasteiger charge is 2.22. The molecule has 3 aromatic heterocycles. The normalized spacial score (nSPS) is 12.3. The first kappa shape index (κ1) is 27.0. The van der Waals surface area contributed by atoms with Gasteiger partial charge >= 0.3 is 0 Å². The van der Waals surface area contributed by atoms with Crippen LogP contribution in [-0.2, 0) is 0 Å². The van der Waals surface area contributed by atoms with Crippen LogP contribution in [-0.4, -0.2) is 9.13 Å². The summed E-state index contributed by atoms with van der Waals surface area (Å²) in [6.07, 6.45) is 0. The monoisotopic (exact) mass is 648 g/mol. The Morgan fingerprint density at radius 3 is 1.59 bits per heavy atom. The van der Waals surface area contributed by atoms with E-state index < -0.39 is 0 Å². The van der Waals surface area contributed by atoms with Gasteiger partial charge in [-0.3, -0.25) is 0 Å². The lowest BCUT2D eigenvalue weighted by Crippen LogP contribution is -1.98. The SMILES string of the molecule is c1ccc(-n2c3ccccc3c3ccc4c5ccccc5n(-c5cccc(-c6cc7oc8cccc9c%10ccccc%10c(c6)c7c89)c5)c4c32)cc1. The molecule has 0 saturated heterocycles. The summed E-state index contributed by atoms with van der Waals surface area (Å²) in [6.45, 7) is 0. The molecule has 9 aromatic carbocycles. The molecule has 0 radical (unpaired) electrons. The fraction of sp³-hybridized carbons (Fsp3) is 0. The van der Waals surface area contributed by atoms with Crippen molar-refractivity contribution in [3.8, 4) is 22.5 Å². The number of fused-ring (bicyclic) bond motifs is 10. The topological polar surface area (TPSA) is 23.0 Å². The predicted octanol–water partition coefficient (Wildman–Crippen LogP) is 13.2. The first-order valence-electron chi connectivity index (χ1n) is 17.5. The van der Waals surface area contributed by atoms with Crippen LogP contribution in [0, 0.1) is 0 Å². The predicted molar refractivity (Wildman–Crippen MR) is 214 cm³/mol. The Kier molecular flexibility index (Phi) is 5.23. The zero-order chi connectivity index (χ0) is 33.2. The smallest absolute Gasteiger partial charge is 0.136 e. The van der Waals surface area contributed by atoms with E-state index in [1.807, 2.05) is 0 Å². The van der Waals surface area contributed by atoms with E-state index in [1.54, 1.807) is 0 Å². The van der Waals surface area contributed by atoms with Gasteiger partial charge in [-0.15, -0.1) is 0 Å². The molecule has 0 unspecified atom stereocenters. The Hall–Kier alpha value is -6.84. The molecular weight excluding hydrogens is 621 g/mol. The van der Waals surface area contributed by atoms with Crippen LogP contribution >= 0.6 is 0 Å². The molecule has 0 saturated carbocycles. The average Bonchev–Trinajstić information content (AvgIpc) is 3.86. The third-order valence-electron chi connectivity index (χ3n) is 11.0. The molecule has 0 spiro atoms. The van der Waals surface area contributed by atoms with E-state index in [2.05, 4.69) is 179 Å². The van der Waals surface area contributed by atoms with E-state index in [9.17, 15) is 0 Å². The molecule has 0 aliphatic carbocycles. The summed E-state index contributed by atoms with van der Waals surface area (Å²) in [5.74, 6) is 0. The van der Waals surface area contributed by atoms with Gasteiger partial charge in [-0.25, -0.2) is 0 Å². The summed E-state index contributed by atoms with van der Waals surface area (Å²) < 4.78 is 11.5. The summed E-state index contributed by atoms with van der Waals surface area (Å²) in [4.78, 5) is 0. The standard InChI is InChI=1S/C48H28N2O/c1-2-13-31(14-3-1)49-41-21-8-6-18-35(41)38-24-25-39-36-19-7-9-22-42(36)50(48(39)47(38)49)32-15-10-12-29(26-32)30-27-40-34-17-5-4-16-33(34)37-20-11-23-43-45(37)46(40)44(28-30)51-43/h1-28H. The number of rotatable bonds is 3. The molecule has 0 aliphatic heterocycles. The van der Waals surface area contributed by atoms with Crippen LogP contribution in [0.25, 0.3) is 110 Å². The minimum absolute atomic E-state index is 0.927. The van der Waals surface area contributed by atoms with Crippen molar-refractivity contribution in [3.05, 3.63) is 170 Å². The van der Waals surface area contributed by atoms with Crippen molar-refractivity contribution < 1.29 is 4.42 Å². The zero-order valence-electron chi connectivity index (χ0n) is 27.5. The summed E-state index contributed by atoms with van der Waals surface area (Å²) in [6, 6.07) is 61.7. The van der Waals surface area contributed by atoms with Crippen molar-refractivity contribution in [3.63, 3.8) is 0 Å². The van der Waals surface area contributed by atoms with Crippen molar-refractivity contribution >= 4 is 87.1 Å². The van der Waals surface area contributed by atoms with Crippen LogP contribution in [0.3, 0.4) is 0 Å². The Morgan fingerprint density at radius 2 is 0.863 bits per heavy atom. The average molecular weight is 649 g/mol. The highest BCUT2D eigenvalue weighted by molar-refractivity contribution is 6.33. The zero-order valence-corrected chi connectivity index (χ0v) is 27.5. The number of hydrogen-bond acceptors (Lipinski definition) is 1. The first-order chi connectivity index (χ1) is 25.3. The van der Waals surface area contributed by atoms with Crippen molar-refractivity contribution in [2.45, 2.75) is 0 Å². The van der Waals surface area contributed by atoms with Gasteiger partial charge in [0.2, 0.25) is 0 Å². The van der Waals surface area contributed by atoms with E-state index >= 15 is 0 Å². The lowest BCUT2D eigenvalue weighted by atomic mass is 9.92. The Balaban J connectivity index is 1.18. The molecule has 3 heterocycles. The van der Waals surface area contributed by atoms with Crippen molar-refractivity contribution in [2.24, 2.45) is 0 Å². The summed E-state index contributed by atoms with van der Waals surface area (Å²) in [5.41, 5.74) is 11.2. The maximum absolute atomic E-state index is 6.59. The van der Waals surface area contributed by atoms with Crippen LogP contribution < -0.4 is 0 Å². The van der Waals surface area contributed by atoms with Gasteiger partial charge in [0.05, 0.1) is 22.1 Å². The molecule has 0 fully saturated rings. The second kappa shape index (κ2) is 9.87.